The van der Waals surface area contributed by atoms with Crippen LogP contribution in [0, 0.1) is 18.8 Å². The molecule has 3 aromatic rings. The van der Waals surface area contributed by atoms with Crippen LogP contribution in [0.2, 0.25) is 0 Å². The van der Waals surface area contributed by atoms with E-state index >= 15 is 0 Å². The Kier molecular flexibility index (Phi) is 4.19. The molecule has 1 aromatic carbocycles. The van der Waals surface area contributed by atoms with Crippen molar-refractivity contribution in [3.63, 3.8) is 0 Å². The molecule has 2 unspecified atom stereocenters. The Labute approximate surface area is 186 Å². The molecular weight excluding hydrogens is 404 g/mol. The standard InChI is InChI=1S/C25H26N4O3/c1-15-3-2-4-19(27-15)23(31)29-25-11-16-7-17(12-25)10-24(9-16,13-25)28-22(30)18-5-6-21-20(8-18)26-14-32-21/h2-6,8,14,16-17H,7,9-13H2,1H3,(H,28,30)(H,29,31). The maximum Gasteiger partial charge on any atom is 0.270 e. The minimum atomic E-state index is -0.284. The summed E-state index contributed by atoms with van der Waals surface area (Å²) in [6, 6.07) is 10.9. The summed E-state index contributed by atoms with van der Waals surface area (Å²) in [6.45, 7) is 1.89. The minimum Gasteiger partial charge on any atom is -0.443 e. The number of aromatic nitrogens is 2. The summed E-state index contributed by atoms with van der Waals surface area (Å²) in [6.07, 6.45) is 7.24. The summed E-state index contributed by atoms with van der Waals surface area (Å²) in [4.78, 5) is 34.8. The predicted octanol–water partition coefficient (Wildman–Crippen LogP) is 3.78. The van der Waals surface area contributed by atoms with Crippen LogP contribution in [0.3, 0.4) is 0 Å². The third-order valence-electron chi connectivity index (χ3n) is 7.53. The van der Waals surface area contributed by atoms with E-state index in [1.54, 1.807) is 24.3 Å². The van der Waals surface area contributed by atoms with Crippen LogP contribution in [-0.2, 0) is 0 Å². The van der Waals surface area contributed by atoms with Crippen molar-refractivity contribution in [3.8, 4) is 0 Å². The second-order valence-electron chi connectivity index (χ2n) is 10.1. The molecular formula is C25H26N4O3. The Morgan fingerprint density at radius 1 is 1.00 bits per heavy atom. The normalized spacial score (nSPS) is 30.4. The van der Waals surface area contributed by atoms with E-state index in [4.69, 9.17) is 4.42 Å². The molecule has 2 heterocycles. The van der Waals surface area contributed by atoms with Crippen LogP contribution in [0.4, 0.5) is 0 Å². The highest BCUT2D eigenvalue weighted by Crippen LogP contribution is 2.57. The molecule has 2 N–H and O–H groups in total. The zero-order valence-electron chi connectivity index (χ0n) is 18.1. The number of nitrogens with one attached hydrogen (secondary N) is 2. The lowest BCUT2D eigenvalue weighted by Crippen LogP contribution is -2.69. The smallest absolute Gasteiger partial charge is 0.270 e. The Bertz CT molecular complexity index is 1220. The second-order valence-corrected chi connectivity index (χ2v) is 10.1. The average Bonchev–Trinajstić information content (AvgIpc) is 3.20. The molecule has 2 aromatic heterocycles. The number of aryl methyl sites for hydroxylation is 1. The van der Waals surface area contributed by atoms with Gasteiger partial charge in [-0.1, -0.05) is 6.07 Å². The van der Waals surface area contributed by atoms with Crippen LogP contribution in [0.1, 0.15) is 65.1 Å². The van der Waals surface area contributed by atoms with Gasteiger partial charge in [-0.25, -0.2) is 9.97 Å². The number of hydrogen-bond acceptors (Lipinski definition) is 5. The number of rotatable bonds is 4. The van der Waals surface area contributed by atoms with Crippen molar-refractivity contribution in [2.24, 2.45) is 11.8 Å². The maximum absolute atomic E-state index is 13.2. The lowest BCUT2D eigenvalue weighted by molar-refractivity contribution is -0.0448. The zero-order valence-corrected chi connectivity index (χ0v) is 18.1. The number of oxazole rings is 1. The van der Waals surface area contributed by atoms with Crippen molar-refractivity contribution >= 4 is 22.9 Å². The van der Waals surface area contributed by atoms with E-state index in [0.717, 1.165) is 37.8 Å². The number of hydrogen-bond donors (Lipinski definition) is 2. The van der Waals surface area contributed by atoms with Gasteiger partial charge in [-0.05, 0) is 87.6 Å². The van der Waals surface area contributed by atoms with Crippen molar-refractivity contribution in [3.05, 3.63) is 59.7 Å². The van der Waals surface area contributed by atoms with Crippen molar-refractivity contribution < 1.29 is 14.0 Å². The largest absolute Gasteiger partial charge is 0.443 e. The highest BCUT2D eigenvalue weighted by atomic mass is 16.3. The Morgan fingerprint density at radius 2 is 1.72 bits per heavy atom. The van der Waals surface area contributed by atoms with Gasteiger partial charge in [0.2, 0.25) is 0 Å². The lowest BCUT2D eigenvalue weighted by Gasteiger charge is -2.62. The molecule has 4 bridgehead atoms. The molecule has 0 aliphatic heterocycles. The summed E-state index contributed by atoms with van der Waals surface area (Å²) in [5.74, 6) is 0.827. The van der Waals surface area contributed by atoms with E-state index in [9.17, 15) is 9.59 Å². The fraction of sp³-hybridized carbons (Fsp3) is 0.440. The molecule has 0 saturated heterocycles. The van der Waals surface area contributed by atoms with Crippen LogP contribution in [0.15, 0.2) is 47.2 Å². The third kappa shape index (κ3) is 3.27. The van der Waals surface area contributed by atoms with Gasteiger partial charge in [0.15, 0.2) is 12.0 Å². The van der Waals surface area contributed by atoms with Gasteiger partial charge >= 0.3 is 0 Å². The molecule has 7 heteroatoms. The molecule has 4 fully saturated rings. The van der Waals surface area contributed by atoms with Gasteiger partial charge in [0.1, 0.15) is 11.2 Å². The highest BCUT2D eigenvalue weighted by Gasteiger charge is 2.58. The predicted molar refractivity (Wildman–Crippen MR) is 118 cm³/mol. The van der Waals surface area contributed by atoms with Gasteiger partial charge in [0, 0.05) is 22.3 Å². The van der Waals surface area contributed by atoms with Crippen molar-refractivity contribution in [1.82, 2.24) is 20.6 Å². The number of benzene rings is 1. The van der Waals surface area contributed by atoms with Crippen LogP contribution in [0.25, 0.3) is 11.1 Å². The van der Waals surface area contributed by atoms with Gasteiger partial charge in [-0.3, -0.25) is 9.59 Å². The number of pyridine rings is 1. The van der Waals surface area contributed by atoms with Crippen LogP contribution < -0.4 is 10.6 Å². The first-order valence-electron chi connectivity index (χ1n) is 11.3. The van der Waals surface area contributed by atoms with Crippen LogP contribution in [0.5, 0.6) is 0 Å². The summed E-state index contributed by atoms with van der Waals surface area (Å²) < 4.78 is 5.29. The van der Waals surface area contributed by atoms with Crippen molar-refractivity contribution in [2.75, 3.05) is 0 Å². The molecule has 7 rings (SSSR count). The Morgan fingerprint density at radius 3 is 2.44 bits per heavy atom. The number of amides is 2. The average molecular weight is 431 g/mol. The lowest BCUT2D eigenvalue weighted by atomic mass is 9.49. The van der Waals surface area contributed by atoms with E-state index in [-0.39, 0.29) is 22.9 Å². The summed E-state index contributed by atoms with van der Waals surface area (Å²) in [7, 11) is 0. The first-order chi connectivity index (χ1) is 15.4. The summed E-state index contributed by atoms with van der Waals surface area (Å²) in [5, 5.41) is 6.73. The molecule has 7 nitrogen and oxygen atoms in total. The number of fused-ring (bicyclic) bond motifs is 1. The molecule has 0 radical (unpaired) electrons. The molecule has 4 saturated carbocycles. The fourth-order valence-electron chi connectivity index (χ4n) is 6.84. The highest BCUT2D eigenvalue weighted by molar-refractivity contribution is 5.97. The van der Waals surface area contributed by atoms with E-state index < -0.39 is 0 Å². The Hall–Kier alpha value is -3.22. The van der Waals surface area contributed by atoms with Gasteiger partial charge < -0.3 is 15.1 Å². The molecule has 164 valence electrons. The first kappa shape index (κ1) is 19.5. The van der Waals surface area contributed by atoms with Gasteiger partial charge in [-0.15, -0.1) is 0 Å². The molecule has 32 heavy (non-hydrogen) atoms. The van der Waals surface area contributed by atoms with Gasteiger partial charge in [-0.2, -0.15) is 0 Å². The van der Waals surface area contributed by atoms with Crippen LogP contribution >= 0.6 is 0 Å². The van der Waals surface area contributed by atoms with Crippen molar-refractivity contribution in [1.29, 1.82) is 0 Å². The number of nitrogens with zero attached hydrogens (tertiary/aromatic N) is 2. The number of carbonyl (C=O) groups is 2. The number of carbonyl (C=O) groups excluding carboxylic acids is 2. The SMILES string of the molecule is Cc1cccc(C(=O)NC23CC4CC(CC(NC(=O)c5ccc6ocnc6c5)(C4)C2)C3)n1. The second kappa shape index (κ2) is 6.89. The van der Waals surface area contributed by atoms with E-state index in [0.29, 0.717) is 34.2 Å². The van der Waals surface area contributed by atoms with Crippen molar-refractivity contribution in [2.45, 2.75) is 56.5 Å². The van der Waals surface area contributed by atoms with E-state index in [1.807, 2.05) is 19.1 Å². The van der Waals surface area contributed by atoms with E-state index in [2.05, 4.69) is 20.6 Å². The van der Waals surface area contributed by atoms with E-state index in [1.165, 1.54) is 12.8 Å². The molecule has 0 spiro atoms. The van der Waals surface area contributed by atoms with Crippen LogP contribution in [-0.4, -0.2) is 32.9 Å². The fourth-order valence-corrected chi connectivity index (χ4v) is 6.84. The van der Waals surface area contributed by atoms with Gasteiger partial charge in [0.25, 0.3) is 11.8 Å². The monoisotopic (exact) mass is 430 g/mol. The molecule has 4 aliphatic rings. The zero-order chi connectivity index (χ0) is 21.9. The molecule has 2 atom stereocenters. The third-order valence-corrected chi connectivity index (χ3v) is 7.53. The molecule has 4 aliphatic carbocycles. The molecule has 2 amide bonds. The first-order valence-corrected chi connectivity index (χ1v) is 11.3. The summed E-state index contributed by atoms with van der Waals surface area (Å²) in [5.41, 5.74) is 2.66. The topological polar surface area (TPSA) is 97.1 Å². The summed E-state index contributed by atoms with van der Waals surface area (Å²) >= 11 is 0. The quantitative estimate of drug-likeness (QED) is 0.657. The Balaban J connectivity index is 1.25. The maximum atomic E-state index is 13.2. The van der Waals surface area contributed by atoms with Gasteiger partial charge in [0.05, 0.1) is 0 Å². The minimum absolute atomic E-state index is 0.0846.